The van der Waals surface area contributed by atoms with Crippen molar-refractivity contribution in [1.29, 1.82) is 0 Å². The number of nitrogens with zero attached hydrogens (tertiary/aromatic N) is 4. The smallest absolute Gasteiger partial charge is 0.264 e. The lowest BCUT2D eigenvalue weighted by Crippen LogP contribution is -2.20. The molecule has 0 radical (unpaired) electrons. The van der Waals surface area contributed by atoms with Crippen LogP contribution in [0.15, 0.2) is 47.1 Å². The van der Waals surface area contributed by atoms with Crippen molar-refractivity contribution in [2.24, 2.45) is 0 Å². The van der Waals surface area contributed by atoms with Gasteiger partial charge in [0.25, 0.3) is 5.91 Å². The van der Waals surface area contributed by atoms with Crippen LogP contribution in [-0.2, 0) is 4.79 Å². The van der Waals surface area contributed by atoms with Crippen molar-refractivity contribution >= 4 is 27.3 Å². The number of aromatic nitrogens is 4. The molecule has 8 nitrogen and oxygen atoms in total. The second kappa shape index (κ2) is 6.32. The molecular formula is C15H10FN5O3S. The summed E-state index contributed by atoms with van der Waals surface area (Å²) in [6.45, 7) is -0.225. The molecule has 4 aromatic rings. The Morgan fingerprint density at radius 2 is 2.12 bits per heavy atom. The average Bonchev–Trinajstić information content (AvgIpc) is 3.31. The van der Waals surface area contributed by atoms with Crippen LogP contribution in [0.4, 0.5) is 9.52 Å². The molecular weight excluding hydrogens is 349 g/mol. The number of benzene rings is 1. The number of furan rings is 1. The fraction of sp³-hybridized carbons (Fsp3) is 0.0667. The summed E-state index contributed by atoms with van der Waals surface area (Å²) in [5.41, 5.74) is 0. The van der Waals surface area contributed by atoms with E-state index in [0.29, 0.717) is 27.4 Å². The minimum Gasteiger partial charge on any atom is -0.484 e. The highest BCUT2D eigenvalue weighted by Crippen LogP contribution is 2.24. The molecule has 1 aromatic carbocycles. The molecule has 0 aliphatic heterocycles. The molecule has 0 atom stereocenters. The molecule has 0 saturated carbocycles. The number of anilines is 1. The number of ether oxygens (including phenoxy) is 1. The number of hydrogen-bond acceptors (Lipinski definition) is 7. The monoisotopic (exact) mass is 359 g/mol. The average molecular weight is 359 g/mol. The summed E-state index contributed by atoms with van der Waals surface area (Å²) in [6, 6.07) is 8.88. The highest BCUT2D eigenvalue weighted by Gasteiger charge is 2.16. The number of rotatable bonds is 5. The van der Waals surface area contributed by atoms with Crippen LogP contribution in [0.2, 0.25) is 0 Å². The van der Waals surface area contributed by atoms with Gasteiger partial charge in [-0.05, 0) is 36.4 Å². The predicted molar refractivity (Wildman–Crippen MR) is 86.9 cm³/mol. The Labute approximate surface area is 143 Å². The predicted octanol–water partition coefficient (Wildman–Crippen LogP) is 2.60. The van der Waals surface area contributed by atoms with Gasteiger partial charge < -0.3 is 9.15 Å². The quantitative estimate of drug-likeness (QED) is 0.589. The van der Waals surface area contributed by atoms with Gasteiger partial charge in [0, 0.05) is 0 Å². The molecule has 126 valence electrons. The summed E-state index contributed by atoms with van der Waals surface area (Å²) < 4.78 is 24.9. The van der Waals surface area contributed by atoms with E-state index in [1.54, 1.807) is 12.1 Å². The lowest BCUT2D eigenvalue weighted by Gasteiger charge is -2.05. The van der Waals surface area contributed by atoms with Crippen LogP contribution < -0.4 is 10.1 Å². The molecule has 0 bridgehead atoms. The van der Waals surface area contributed by atoms with Gasteiger partial charge in [-0.15, -0.1) is 15.3 Å². The summed E-state index contributed by atoms with van der Waals surface area (Å²) in [5.74, 6) is 0.599. The van der Waals surface area contributed by atoms with Gasteiger partial charge in [-0.2, -0.15) is 4.52 Å². The largest absolute Gasteiger partial charge is 0.484 e. The zero-order valence-electron chi connectivity index (χ0n) is 12.5. The first kappa shape index (κ1) is 15.3. The van der Waals surface area contributed by atoms with Gasteiger partial charge in [0.1, 0.15) is 11.6 Å². The lowest BCUT2D eigenvalue weighted by atomic mass is 10.3. The van der Waals surface area contributed by atoms with Gasteiger partial charge in [0.2, 0.25) is 15.9 Å². The van der Waals surface area contributed by atoms with Gasteiger partial charge >= 0.3 is 0 Å². The third-order valence-corrected chi connectivity index (χ3v) is 3.98. The van der Waals surface area contributed by atoms with E-state index < -0.39 is 5.91 Å². The first-order valence-electron chi connectivity index (χ1n) is 7.13. The Bertz CT molecular complexity index is 1010. The number of nitrogens with one attached hydrogen (secondary N) is 1. The number of carbonyl (C=O) groups excluding carboxylic acids is 1. The molecule has 0 saturated heterocycles. The van der Waals surface area contributed by atoms with Crippen molar-refractivity contribution in [2.45, 2.75) is 0 Å². The minimum absolute atomic E-state index is 0.225. The molecule has 0 fully saturated rings. The minimum atomic E-state index is -0.395. The van der Waals surface area contributed by atoms with Crippen LogP contribution in [-0.4, -0.2) is 32.3 Å². The van der Waals surface area contributed by atoms with E-state index in [9.17, 15) is 9.18 Å². The first-order valence-corrected chi connectivity index (χ1v) is 7.95. The second-order valence-electron chi connectivity index (χ2n) is 4.89. The fourth-order valence-corrected chi connectivity index (χ4v) is 2.82. The molecule has 10 heteroatoms. The molecule has 25 heavy (non-hydrogen) atoms. The summed E-state index contributed by atoms with van der Waals surface area (Å²) in [7, 11) is 0. The fourth-order valence-electron chi connectivity index (χ4n) is 2.06. The van der Waals surface area contributed by atoms with Crippen molar-refractivity contribution in [2.75, 3.05) is 11.9 Å². The number of hydrogen-bond donors (Lipinski definition) is 1. The Morgan fingerprint density at radius 1 is 1.28 bits per heavy atom. The van der Waals surface area contributed by atoms with Crippen molar-refractivity contribution in [1.82, 2.24) is 19.8 Å². The third-order valence-electron chi connectivity index (χ3n) is 3.16. The molecule has 1 amide bonds. The first-order chi connectivity index (χ1) is 12.2. The number of amides is 1. The Morgan fingerprint density at radius 3 is 2.88 bits per heavy atom. The Balaban J connectivity index is 1.43. The number of carbonyl (C=O) groups is 1. The van der Waals surface area contributed by atoms with E-state index >= 15 is 0 Å². The maximum absolute atomic E-state index is 12.8. The van der Waals surface area contributed by atoms with Crippen LogP contribution in [0, 0.1) is 5.82 Å². The molecule has 0 aliphatic carbocycles. The van der Waals surface area contributed by atoms with Gasteiger partial charge in [-0.25, -0.2) is 4.39 Å². The van der Waals surface area contributed by atoms with Gasteiger partial charge in [-0.3, -0.25) is 10.1 Å². The normalized spacial score (nSPS) is 10.9. The number of fused-ring (bicyclic) bond motifs is 1. The molecule has 0 unspecified atom stereocenters. The highest BCUT2D eigenvalue weighted by molar-refractivity contribution is 7.20. The zero-order valence-corrected chi connectivity index (χ0v) is 13.4. The van der Waals surface area contributed by atoms with Gasteiger partial charge in [0.15, 0.2) is 12.4 Å². The van der Waals surface area contributed by atoms with Crippen molar-refractivity contribution in [3.8, 4) is 17.3 Å². The summed E-state index contributed by atoms with van der Waals surface area (Å²) in [6.07, 6.45) is 1.53. The van der Waals surface area contributed by atoms with Crippen molar-refractivity contribution in [3.63, 3.8) is 0 Å². The van der Waals surface area contributed by atoms with E-state index in [2.05, 4.69) is 20.6 Å². The molecule has 4 rings (SSSR count). The molecule has 1 N–H and O–H groups in total. The maximum Gasteiger partial charge on any atom is 0.264 e. The molecule has 0 aliphatic rings. The Kier molecular flexibility index (Phi) is 3.86. The number of halogens is 1. The lowest BCUT2D eigenvalue weighted by molar-refractivity contribution is -0.118. The van der Waals surface area contributed by atoms with E-state index in [-0.39, 0.29) is 12.4 Å². The van der Waals surface area contributed by atoms with Crippen LogP contribution in [0.3, 0.4) is 0 Å². The van der Waals surface area contributed by atoms with Crippen LogP contribution >= 0.6 is 11.3 Å². The van der Waals surface area contributed by atoms with E-state index in [1.165, 1.54) is 46.4 Å². The topological polar surface area (TPSA) is 94.5 Å². The summed E-state index contributed by atoms with van der Waals surface area (Å²) in [4.78, 5) is 12.5. The van der Waals surface area contributed by atoms with Crippen LogP contribution in [0.25, 0.3) is 16.5 Å². The summed E-state index contributed by atoms with van der Waals surface area (Å²) in [5, 5.41) is 15.2. The second-order valence-corrected chi connectivity index (χ2v) is 5.85. The van der Waals surface area contributed by atoms with Crippen LogP contribution in [0.1, 0.15) is 0 Å². The SMILES string of the molecule is O=C(COc1ccc(F)cc1)Nc1nn2c(-c3ccco3)nnc2s1. The summed E-state index contributed by atoms with van der Waals surface area (Å²) >= 11 is 1.17. The third kappa shape index (κ3) is 3.19. The Hall–Kier alpha value is -3.27. The molecule has 3 aromatic heterocycles. The highest BCUT2D eigenvalue weighted by atomic mass is 32.1. The van der Waals surface area contributed by atoms with Gasteiger partial charge in [-0.1, -0.05) is 11.3 Å². The van der Waals surface area contributed by atoms with E-state index in [4.69, 9.17) is 9.15 Å². The van der Waals surface area contributed by atoms with Crippen LogP contribution in [0.5, 0.6) is 5.75 Å². The van der Waals surface area contributed by atoms with Crippen molar-refractivity contribution < 1.29 is 18.3 Å². The molecule has 3 heterocycles. The van der Waals surface area contributed by atoms with E-state index in [0.717, 1.165) is 0 Å². The maximum atomic E-state index is 12.8. The molecule has 0 spiro atoms. The van der Waals surface area contributed by atoms with Crippen molar-refractivity contribution in [3.05, 3.63) is 48.5 Å². The standard InChI is InChI=1S/C15H10FN5O3S/c16-9-3-5-10(6-4-9)24-8-12(22)17-14-20-21-13(11-2-1-7-23-11)18-19-15(21)25-14/h1-7H,8H2,(H,17,20,22). The zero-order chi connectivity index (χ0) is 17.2. The van der Waals surface area contributed by atoms with Gasteiger partial charge in [0.05, 0.1) is 6.26 Å². The van der Waals surface area contributed by atoms with E-state index in [1.807, 2.05) is 0 Å².